The topological polar surface area (TPSA) is 121 Å². The summed E-state index contributed by atoms with van der Waals surface area (Å²) in [6.45, 7) is 0.624. The zero-order chi connectivity index (χ0) is 25.4. The quantitative estimate of drug-likeness (QED) is 0.320. The molecule has 4 aromatic rings. The lowest BCUT2D eigenvalue weighted by Crippen LogP contribution is -2.27. The van der Waals surface area contributed by atoms with Gasteiger partial charge in [0.15, 0.2) is 0 Å². The Morgan fingerprint density at radius 3 is 2.14 bits per heavy atom. The molecule has 0 bridgehead atoms. The van der Waals surface area contributed by atoms with Crippen molar-refractivity contribution in [3.8, 4) is 6.07 Å². The number of anilines is 1. The van der Waals surface area contributed by atoms with Gasteiger partial charge in [-0.15, -0.1) is 0 Å². The maximum absolute atomic E-state index is 11.4. The number of nitriles is 1. The van der Waals surface area contributed by atoms with Crippen molar-refractivity contribution < 1.29 is 8.42 Å². The van der Waals surface area contributed by atoms with E-state index in [2.05, 4.69) is 26.1 Å². The van der Waals surface area contributed by atoms with Crippen molar-refractivity contribution in [2.75, 3.05) is 24.7 Å². The molecule has 0 saturated carbocycles. The average Bonchev–Trinajstić information content (AvgIpc) is 2.90. The molecule has 0 saturated heterocycles. The van der Waals surface area contributed by atoms with Crippen LogP contribution in [0.2, 0.25) is 0 Å². The van der Waals surface area contributed by atoms with E-state index in [1.165, 1.54) is 0 Å². The Bertz CT molecular complexity index is 1400. The molecule has 182 valence electrons. The summed E-state index contributed by atoms with van der Waals surface area (Å²) in [5, 5.41) is 12.8. The van der Waals surface area contributed by atoms with Gasteiger partial charge in [0.05, 0.1) is 23.6 Å². The lowest BCUT2D eigenvalue weighted by atomic mass is 9.76. The van der Waals surface area contributed by atoms with E-state index in [1.54, 1.807) is 18.5 Å². The van der Waals surface area contributed by atoms with Gasteiger partial charge in [-0.05, 0) is 53.1 Å². The Morgan fingerprint density at radius 1 is 0.861 bits per heavy atom. The van der Waals surface area contributed by atoms with Crippen LogP contribution in [0.3, 0.4) is 0 Å². The van der Waals surface area contributed by atoms with E-state index in [-0.39, 0.29) is 18.4 Å². The second-order valence-corrected chi connectivity index (χ2v) is 10.1. The maximum atomic E-state index is 11.4. The third kappa shape index (κ3) is 6.50. The van der Waals surface area contributed by atoms with Crippen LogP contribution in [0, 0.1) is 11.3 Å². The van der Waals surface area contributed by atoms with Crippen LogP contribution in [-0.2, 0) is 10.0 Å². The van der Waals surface area contributed by atoms with Crippen LogP contribution in [0.1, 0.15) is 39.8 Å². The number of nitrogens with one attached hydrogen (secondary N) is 2. The molecule has 0 fully saturated rings. The van der Waals surface area contributed by atoms with Crippen molar-refractivity contribution in [3.05, 3.63) is 119 Å². The van der Waals surface area contributed by atoms with Crippen LogP contribution in [-0.4, -0.2) is 42.7 Å². The van der Waals surface area contributed by atoms with Crippen LogP contribution in [0.5, 0.6) is 0 Å². The lowest BCUT2D eigenvalue weighted by Gasteiger charge is -2.28. The molecule has 1 atom stereocenters. The molecule has 0 aliphatic rings. The number of hydrogen-bond acceptors (Lipinski definition) is 7. The molecule has 0 spiro atoms. The largest absolute Gasteiger partial charge is 0.369 e. The van der Waals surface area contributed by atoms with Gasteiger partial charge in [-0.1, -0.05) is 30.3 Å². The van der Waals surface area contributed by atoms with E-state index in [0.717, 1.165) is 28.6 Å². The van der Waals surface area contributed by atoms with Crippen molar-refractivity contribution in [2.45, 2.75) is 11.8 Å². The fraction of sp³-hybridized carbons (Fsp3) is 0.185. The fourth-order valence-corrected chi connectivity index (χ4v) is 4.66. The van der Waals surface area contributed by atoms with Crippen molar-refractivity contribution in [2.24, 2.45) is 0 Å². The number of benzene rings is 1. The summed E-state index contributed by atoms with van der Waals surface area (Å²) < 4.78 is 25.2. The summed E-state index contributed by atoms with van der Waals surface area (Å²) in [5.74, 6) is 0.207. The van der Waals surface area contributed by atoms with Gasteiger partial charge in [0, 0.05) is 49.7 Å². The molecular formula is C27H26N6O2S. The maximum Gasteiger partial charge on any atom is 0.208 e. The van der Waals surface area contributed by atoms with Gasteiger partial charge in [0.1, 0.15) is 5.82 Å². The van der Waals surface area contributed by atoms with Gasteiger partial charge in [-0.2, -0.15) is 5.26 Å². The monoisotopic (exact) mass is 498 g/mol. The molecule has 3 aromatic heterocycles. The molecule has 36 heavy (non-hydrogen) atoms. The Morgan fingerprint density at radius 2 is 1.53 bits per heavy atom. The van der Waals surface area contributed by atoms with Gasteiger partial charge in [-0.25, -0.2) is 18.1 Å². The summed E-state index contributed by atoms with van der Waals surface area (Å²) in [5.41, 5.74) is 4.29. The minimum absolute atomic E-state index is 0.170. The number of pyridine rings is 3. The Kier molecular flexibility index (Phi) is 8.00. The molecule has 4 rings (SSSR count). The van der Waals surface area contributed by atoms with E-state index in [1.807, 2.05) is 73.1 Å². The van der Waals surface area contributed by atoms with Crippen LogP contribution >= 0.6 is 0 Å². The van der Waals surface area contributed by atoms with E-state index >= 15 is 0 Å². The van der Waals surface area contributed by atoms with Gasteiger partial charge in [0.2, 0.25) is 10.0 Å². The summed E-state index contributed by atoms with van der Waals surface area (Å²) in [4.78, 5) is 13.6. The number of sulfonamides is 1. The first-order chi connectivity index (χ1) is 17.4. The predicted octanol–water partition coefficient (Wildman–Crippen LogP) is 3.67. The van der Waals surface area contributed by atoms with Crippen LogP contribution in [0.25, 0.3) is 0 Å². The molecule has 0 aliphatic carbocycles. The van der Waals surface area contributed by atoms with Gasteiger partial charge in [-0.3, -0.25) is 9.97 Å². The summed E-state index contributed by atoms with van der Waals surface area (Å²) in [7, 11) is -3.26. The molecule has 0 radical (unpaired) electrons. The third-order valence-electron chi connectivity index (χ3n) is 5.68. The highest BCUT2D eigenvalue weighted by Gasteiger charge is 2.30. The van der Waals surface area contributed by atoms with E-state index in [0.29, 0.717) is 17.9 Å². The highest BCUT2D eigenvalue weighted by molar-refractivity contribution is 7.88. The second-order valence-electron chi connectivity index (χ2n) is 8.31. The Balaban J connectivity index is 1.79. The molecule has 9 heteroatoms. The zero-order valence-corrected chi connectivity index (χ0v) is 20.6. The Labute approximate surface area is 211 Å². The van der Waals surface area contributed by atoms with Crippen LogP contribution < -0.4 is 10.0 Å². The standard InChI is InChI=1S/C27H26N6O2S/c1-36(34,35)32-15-14-31-25-11-3-10-24(33-25)27(21-7-2-6-20(16-21)17-28)26(22-8-4-12-29-18-22)23-9-5-13-30-19-23/h2-13,16,18-19,26-27,32H,14-15H2,1H3,(H,31,33). The van der Waals surface area contributed by atoms with Crippen LogP contribution in [0.4, 0.5) is 5.82 Å². The molecule has 0 aliphatic heterocycles. The number of hydrogen-bond donors (Lipinski definition) is 2. The fourth-order valence-electron chi connectivity index (χ4n) is 4.18. The van der Waals surface area contributed by atoms with E-state index < -0.39 is 10.0 Å². The predicted molar refractivity (Wildman–Crippen MR) is 139 cm³/mol. The van der Waals surface area contributed by atoms with E-state index in [4.69, 9.17) is 4.98 Å². The summed E-state index contributed by atoms with van der Waals surface area (Å²) >= 11 is 0. The van der Waals surface area contributed by atoms with Crippen molar-refractivity contribution in [1.82, 2.24) is 19.7 Å². The Hall–Kier alpha value is -4.13. The molecule has 1 aromatic carbocycles. The number of rotatable bonds is 10. The first kappa shape index (κ1) is 25.0. The smallest absolute Gasteiger partial charge is 0.208 e. The SMILES string of the molecule is CS(=O)(=O)NCCNc1cccc(C(c2cccc(C#N)c2)C(c2cccnc2)c2cccnc2)n1. The summed E-state index contributed by atoms with van der Waals surface area (Å²) in [6.07, 6.45) is 8.29. The molecule has 1 unspecified atom stereocenters. The lowest BCUT2D eigenvalue weighted by molar-refractivity contribution is 0.589. The third-order valence-corrected chi connectivity index (χ3v) is 6.41. The second kappa shape index (κ2) is 11.5. The highest BCUT2D eigenvalue weighted by atomic mass is 32.2. The average molecular weight is 499 g/mol. The van der Waals surface area contributed by atoms with Crippen molar-refractivity contribution in [3.63, 3.8) is 0 Å². The molecule has 0 amide bonds. The van der Waals surface area contributed by atoms with Crippen LogP contribution in [0.15, 0.2) is 91.5 Å². The van der Waals surface area contributed by atoms with Crippen molar-refractivity contribution in [1.29, 1.82) is 5.26 Å². The minimum Gasteiger partial charge on any atom is -0.369 e. The van der Waals surface area contributed by atoms with E-state index in [9.17, 15) is 13.7 Å². The molecule has 2 N–H and O–H groups in total. The molecule has 8 nitrogen and oxygen atoms in total. The first-order valence-corrected chi connectivity index (χ1v) is 13.3. The normalized spacial score (nSPS) is 12.1. The minimum atomic E-state index is -3.26. The van der Waals surface area contributed by atoms with Crippen molar-refractivity contribution >= 4 is 15.8 Å². The number of aromatic nitrogens is 3. The molecular weight excluding hydrogens is 472 g/mol. The number of nitrogens with zero attached hydrogens (tertiary/aromatic N) is 4. The summed E-state index contributed by atoms with van der Waals surface area (Å²) in [6, 6.07) is 23.4. The van der Waals surface area contributed by atoms with Gasteiger partial charge in [0.25, 0.3) is 0 Å². The van der Waals surface area contributed by atoms with Gasteiger partial charge < -0.3 is 5.32 Å². The molecule has 3 heterocycles. The van der Waals surface area contributed by atoms with Gasteiger partial charge >= 0.3 is 0 Å². The first-order valence-electron chi connectivity index (χ1n) is 11.4. The zero-order valence-electron chi connectivity index (χ0n) is 19.7. The highest BCUT2D eigenvalue weighted by Crippen LogP contribution is 2.42.